The maximum absolute atomic E-state index is 12.2. The van der Waals surface area contributed by atoms with Gasteiger partial charge < -0.3 is 9.30 Å². The van der Waals surface area contributed by atoms with Crippen LogP contribution < -0.4 is 5.32 Å². The maximum Gasteiger partial charge on any atom is 0.342 e. The number of esters is 1. The lowest BCUT2D eigenvalue weighted by molar-refractivity contribution is -0.123. The van der Waals surface area contributed by atoms with E-state index in [1.54, 1.807) is 61.3 Å². The third kappa shape index (κ3) is 3.92. The van der Waals surface area contributed by atoms with Crippen LogP contribution in [0, 0.1) is 6.92 Å². The van der Waals surface area contributed by atoms with Gasteiger partial charge in [-0.05, 0) is 31.2 Å². The molecule has 0 radical (unpaired) electrons. The van der Waals surface area contributed by atoms with E-state index in [4.69, 9.17) is 4.74 Å². The molecule has 0 spiro atoms. The first-order valence-electron chi connectivity index (χ1n) is 8.06. The van der Waals surface area contributed by atoms with Gasteiger partial charge in [0.15, 0.2) is 12.4 Å². The topological polar surface area (TPSA) is 108 Å². The molecular formula is C18H17N5O4. The largest absolute Gasteiger partial charge is 0.452 e. The van der Waals surface area contributed by atoms with Crippen molar-refractivity contribution in [2.24, 2.45) is 7.05 Å². The zero-order chi connectivity index (χ0) is 19.4. The standard InChI is InChI=1S/C18H17N5O4/c1-12-13(10-20-23(12)15-7-3-4-8-19-15)18(26)27-11-16(24)21-17(25)14-6-5-9-22(14)2/h3-10H,11H2,1-2H3,(H,21,24,25). The van der Waals surface area contributed by atoms with Gasteiger partial charge in [0.25, 0.3) is 11.8 Å². The number of nitrogens with one attached hydrogen (secondary N) is 1. The van der Waals surface area contributed by atoms with Gasteiger partial charge in [0.1, 0.15) is 11.3 Å². The van der Waals surface area contributed by atoms with Crippen molar-refractivity contribution in [3.05, 3.63) is 65.9 Å². The summed E-state index contributed by atoms with van der Waals surface area (Å²) in [4.78, 5) is 40.2. The maximum atomic E-state index is 12.2. The second-order valence-corrected chi connectivity index (χ2v) is 5.70. The average molecular weight is 367 g/mol. The Morgan fingerprint density at radius 1 is 1.19 bits per heavy atom. The Morgan fingerprint density at radius 2 is 2.00 bits per heavy atom. The van der Waals surface area contributed by atoms with Gasteiger partial charge in [-0.2, -0.15) is 5.10 Å². The molecule has 1 N–H and O–H groups in total. The molecule has 0 bridgehead atoms. The lowest BCUT2D eigenvalue weighted by atomic mass is 10.2. The summed E-state index contributed by atoms with van der Waals surface area (Å²) in [6, 6.07) is 8.57. The highest BCUT2D eigenvalue weighted by Crippen LogP contribution is 2.13. The number of imide groups is 1. The molecule has 3 rings (SSSR count). The number of aryl methyl sites for hydroxylation is 1. The Bertz CT molecular complexity index is 990. The molecule has 0 aliphatic carbocycles. The first kappa shape index (κ1) is 18.1. The SMILES string of the molecule is Cc1c(C(=O)OCC(=O)NC(=O)c2cccn2C)cnn1-c1ccccn1. The fourth-order valence-corrected chi connectivity index (χ4v) is 2.45. The summed E-state index contributed by atoms with van der Waals surface area (Å²) >= 11 is 0. The Labute approximate surface area is 154 Å². The van der Waals surface area contributed by atoms with Crippen molar-refractivity contribution in [1.82, 2.24) is 24.6 Å². The number of nitrogens with zero attached hydrogens (tertiary/aromatic N) is 4. The third-order valence-corrected chi connectivity index (χ3v) is 3.86. The molecule has 0 unspecified atom stereocenters. The first-order chi connectivity index (χ1) is 13.0. The van der Waals surface area contributed by atoms with Crippen LogP contribution in [0.15, 0.2) is 48.9 Å². The number of hydrogen-bond donors (Lipinski definition) is 1. The highest BCUT2D eigenvalue weighted by molar-refractivity contribution is 6.04. The molecule has 27 heavy (non-hydrogen) atoms. The molecule has 0 saturated heterocycles. The summed E-state index contributed by atoms with van der Waals surface area (Å²) in [5, 5.41) is 6.29. The number of aromatic nitrogens is 4. The molecule has 3 aromatic rings. The molecule has 0 aliphatic rings. The molecule has 0 fully saturated rings. The second kappa shape index (κ2) is 7.65. The fourth-order valence-electron chi connectivity index (χ4n) is 2.45. The van der Waals surface area contributed by atoms with Gasteiger partial charge >= 0.3 is 5.97 Å². The summed E-state index contributed by atoms with van der Waals surface area (Å²) in [6.45, 7) is 1.11. The lowest BCUT2D eigenvalue weighted by Crippen LogP contribution is -2.35. The van der Waals surface area contributed by atoms with Crippen LogP contribution in [0.3, 0.4) is 0 Å². The van der Waals surface area contributed by atoms with Gasteiger partial charge in [-0.1, -0.05) is 6.07 Å². The van der Waals surface area contributed by atoms with Crippen molar-refractivity contribution in [3.63, 3.8) is 0 Å². The number of amides is 2. The van der Waals surface area contributed by atoms with Crippen molar-refractivity contribution in [2.45, 2.75) is 6.92 Å². The molecular weight excluding hydrogens is 350 g/mol. The highest BCUT2D eigenvalue weighted by atomic mass is 16.5. The molecule has 3 aromatic heterocycles. The number of carbonyl (C=O) groups is 3. The number of hydrogen-bond acceptors (Lipinski definition) is 6. The van der Waals surface area contributed by atoms with Gasteiger partial charge in [0.2, 0.25) is 0 Å². The van der Waals surface area contributed by atoms with Crippen LogP contribution in [-0.2, 0) is 16.6 Å². The summed E-state index contributed by atoms with van der Waals surface area (Å²) < 4.78 is 8.05. The van der Waals surface area contributed by atoms with Crippen molar-refractivity contribution in [1.29, 1.82) is 0 Å². The van der Waals surface area contributed by atoms with Crippen LogP contribution >= 0.6 is 0 Å². The summed E-state index contributed by atoms with van der Waals surface area (Å²) in [7, 11) is 1.68. The fraction of sp³-hybridized carbons (Fsp3) is 0.167. The number of rotatable bonds is 5. The van der Waals surface area contributed by atoms with Crippen molar-refractivity contribution in [2.75, 3.05) is 6.61 Å². The molecule has 9 heteroatoms. The minimum absolute atomic E-state index is 0.210. The lowest BCUT2D eigenvalue weighted by Gasteiger charge is -2.07. The van der Waals surface area contributed by atoms with Crippen LogP contribution in [0.4, 0.5) is 0 Å². The van der Waals surface area contributed by atoms with E-state index in [2.05, 4.69) is 15.4 Å². The van der Waals surface area contributed by atoms with E-state index in [0.29, 0.717) is 17.2 Å². The van der Waals surface area contributed by atoms with Crippen LogP contribution in [0.25, 0.3) is 5.82 Å². The molecule has 0 aliphatic heterocycles. The highest BCUT2D eigenvalue weighted by Gasteiger charge is 2.19. The van der Waals surface area contributed by atoms with Crippen LogP contribution in [0.5, 0.6) is 0 Å². The predicted molar refractivity (Wildman–Crippen MR) is 94.3 cm³/mol. The van der Waals surface area contributed by atoms with Crippen molar-refractivity contribution < 1.29 is 19.1 Å². The Balaban J connectivity index is 1.60. The second-order valence-electron chi connectivity index (χ2n) is 5.70. The van der Waals surface area contributed by atoms with E-state index < -0.39 is 24.4 Å². The van der Waals surface area contributed by atoms with E-state index in [9.17, 15) is 14.4 Å². The van der Waals surface area contributed by atoms with Crippen LogP contribution in [0.2, 0.25) is 0 Å². The average Bonchev–Trinajstić information content (AvgIpc) is 3.26. The van der Waals surface area contributed by atoms with Crippen LogP contribution in [0.1, 0.15) is 26.5 Å². The van der Waals surface area contributed by atoms with E-state index in [1.807, 2.05) is 0 Å². The summed E-state index contributed by atoms with van der Waals surface area (Å²) in [5.41, 5.74) is 1.06. The normalized spacial score (nSPS) is 10.4. The Hall–Kier alpha value is -3.75. The number of carbonyl (C=O) groups excluding carboxylic acids is 3. The van der Waals surface area contributed by atoms with E-state index in [1.165, 1.54) is 10.9 Å². The molecule has 0 aromatic carbocycles. The number of ether oxygens (including phenoxy) is 1. The van der Waals surface area contributed by atoms with Gasteiger partial charge in [-0.3, -0.25) is 14.9 Å². The Morgan fingerprint density at radius 3 is 2.67 bits per heavy atom. The van der Waals surface area contributed by atoms with E-state index in [0.717, 1.165) is 0 Å². The Kier molecular flexibility index (Phi) is 5.11. The van der Waals surface area contributed by atoms with Crippen LogP contribution in [-0.4, -0.2) is 43.7 Å². The van der Waals surface area contributed by atoms with Crippen molar-refractivity contribution in [3.8, 4) is 5.82 Å². The van der Waals surface area contributed by atoms with Gasteiger partial charge in [-0.15, -0.1) is 0 Å². The van der Waals surface area contributed by atoms with E-state index >= 15 is 0 Å². The molecule has 3 heterocycles. The minimum Gasteiger partial charge on any atom is -0.452 e. The minimum atomic E-state index is -0.718. The quantitative estimate of drug-likeness (QED) is 0.675. The van der Waals surface area contributed by atoms with Gasteiger partial charge in [0.05, 0.1) is 11.9 Å². The third-order valence-electron chi connectivity index (χ3n) is 3.86. The van der Waals surface area contributed by atoms with E-state index in [-0.39, 0.29) is 5.56 Å². The van der Waals surface area contributed by atoms with Gasteiger partial charge in [-0.25, -0.2) is 14.5 Å². The van der Waals surface area contributed by atoms with Crippen molar-refractivity contribution >= 4 is 17.8 Å². The predicted octanol–water partition coefficient (Wildman–Crippen LogP) is 1.03. The molecule has 138 valence electrons. The summed E-state index contributed by atoms with van der Waals surface area (Å²) in [5.74, 6) is -1.44. The monoisotopic (exact) mass is 367 g/mol. The van der Waals surface area contributed by atoms with Gasteiger partial charge in [0, 0.05) is 19.4 Å². The zero-order valence-corrected chi connectivity index (χ0v) is 14.7. The summed E-state index contributed by atoms with van der Waals surface area (Å²) in [6.07, 6.45) is 4.64. The molecule has 9 nitrogen and oxygen atoms in total. The number of pyridine rings is 1. The molecule has 0 saturated carbocycles. The molecule has 2 amide bonds. The first-order valence-corrected chi connectivity index (χ1v) is 8.06. The smallest absolute Gasteiger partial charge is 0.342 e. The molecule has 0 atom stereocenters. The zero-order valence-electron chi connectivity index (χ0n) is 14.7.